The van der Waals surface area contributed by atoms with E-state index in [9.17, 15) is 8.78 Å². The second-order valence-corrected chi connectivity index (χ2v) is 2.89. The largest absolute Gasteiger partial charge is 0.329 e. The second-order valence-electron chi connectivity index (χ2n) is 2.89. The van der Waals surface area contributed by atoms with Crippen molar-refractivity contribution in [2.75, 3.05) is 13.1 Å². The minimum atomic E-state index is -2.30. The van der Waals surface area contributed by atoms with Gasteiger partial charge in [-0.25, -0.2) is 8.78 Å². The molecule has 0 bridgehead atoms. The third-order valence-corrected chi connectivity index (χ3v) is 1.91. The summed E-state index contributed by atoms with van der Waals surface area (Å²) in [4.78, 5) is 0. The van der Waals surface area contributed by atoms with E-state index in [0.717, 1.165) is 6.42 Å². The van der Waals surface area contributed by atoms with Crippen molar-refractivity contribution < 1.29 is 8.78 Å². The van der Waals surface area contributed by atoms with Crippen LogP contribution in [0.5, 0.6) is 0 Å². The molecule has 0 aromatic carbocycles. The summed E-state index contributed by atoms with van der Waals surface area (Å²) in [6.07, 6.45) is -1.54. The Morgan fingerprint density at radius 2 is 2.09 bits per heavy atom. The van der Waals surface area contributed by atoms with Crippen LogP contribution < -0.4 is 11.1 Å². The molecule has 0 aliphatic rings. The molecule has 0 rings (SSSR count). The number of alkyl halides is 2. The molecule has 0 aliphatic carbocycles. The summed E-state index contributed by atoms with van der Waals surface area (Å²) < 4.78 is 23.5. The zero-order valence-electron chi connectivity index (χ0n) is 7.03. The van der Waals surface area contributed by atoms with Crippen molar-refractivity contribution in [1.29, 1.82) is 0 Å². The predicted octanol–water partition coefficient (Wildman–Crippen LogP) is 0.969. The number of nitrogens with two attached hydrogens (primary N) is 1. The molecular weight excluding hydrogens is 150 g/mol. The van der Waals surface area contributed by atoms with Crippen LogP contribution in [0.15, 0.2) is 0 Å². The summed E-state index contributed by atoms with van der Waals surface area (Å²) >= 11 is 0. The molecule has 4 heteroatoms. The molecule has 0 amide bonds. The lowest BCUT2D eigenvalue weighted by molar-refractivity contribution is 0.131. The van der Waals surface area contributed by atoms with Crippen molar-refractivity contribution in [1.82, 2.24) is 5.32 Å². The van der Waals surface area contributed by atoms with Crippen molar-refractivity contribution >= 4 is 0 Å². The van der Waals surface area contributed by atoms with Gasteiger partial charge in [0, 0.05) is 12.1 Å². The summed E-state index contributed by atoms with van der Waals surface area (Å²) in [6, 6.07) is 0. The average molecular weight is 166 g/mol. The van der Waals surface area contributed by atoms with Gasteiger partial charge in [-0.2, -0.15) is 0 Å². The van der Waals surface area contributed by atoms with Crippen LogP contribution in [0.3, 0.4) is 0 Å². The lowest BCUT2D eigenvalue weighted by atomic mass is 9.99. The van der Waals surface area contributed by atoms with Gasteiger partial charge < -0.3 is 11.1 Å². The Labute approximate surface area is 66.1 Å². The van der Waals surface area contributed by atoms with Gasteiger partial charge in [0.1, 0.15) is 0 Å². The van der Waals surface area contributed by atoms with Gasteiger partial charge in [-0.05, 0) is 13.3 Å². The minimum absolute atomic E-state index is 0.276. The zero-order chi connectivity index (χ0) is 8.91. The van der Waals surface area contributed by atoms with E-state index in [0.29, 0.717) is 6.54 Å². The van der Waals surface area contributed by atoms with Crippen molar-refractivity contribution in [3.05, 3.63) is 0 Å². The van der Waals surface area contributed by atoms with Gasteiger partial charge in [0.25, 0.3) is 6.43 Å². The van der Waals surface area contributed by atoms with E-state index in [4.69, 9.17) is 5.73 Å². The minimum Gasteiger partial charge on any atom is -0.329 e. The molecule has 1 atom stereocenters. The molecule has 1 unspecified atom stereocenters. The Hall–Kier alpha value is -0.220. The van der Waals surface area contributed by atoms with Gasteiger partial charge in [0.2, 0.25) is 0 Å². The number of rotatable bonds is 5. The fourth-order valence-corrected chi connectivity index (χ4v) is 0.665. The van der Waals surface area contributed by atoms with Crippen LogP contribution >= 0.6 is 0 Å². The first-order chi connectivity index (χ1) is 5.04. The first-order valence-electron chi connectivity index (χ1n) is 3.77. The van der Waals surface area contributed by atoms with Gasteiger partial charge >= 0.3 is 0 Å². The maximum absolute atomic E-state index is 11.7. The molecule has 0 aromatic heterocycles. The lowest BCUT2D eigenvalue weighted by Gasteiger charge is -2.27. The van der Waals surface area contributed by atoms with E-state index in [-0.39, 0.29) is 12.1 Å². The third-order valence-electron chi connectivity index (χ3n) is 1.91. The summed E-state index contributed by atoms with van der Waals surface area (Å²) in [5.41, 5.74) is 5.06. The van der Waals surface area contributed by atoms with E-state index in [1.54, 1.807) is 0 Å². The third kappa shape index (κ3) is 4.27. The van der Waals surface area contributed by atoms with Crippen molar-refractivity contribution in [2.45, 2.75) is 32.2 Å². The van der Waals surface area contributed by atoms with Crippen molar-refractivity contribution in [2.24, 2.45) is 5.73 Å². The molecule has 11 heavy (non-hydrogen) atoms. The fraction of sp³-hybridized carbons (Fsp3) is 1.00. The first kappa shape index (κ1) is 10.8. The number of hydrogen-bond acceptors (Lipinski definition) is 2. The van der Waals surface area contributed by atoms with Gasteiger partial charge in [-0.1, -0.05) is 6.92 Å². The van der Waals surface area contributed by atoms with Crippen LogP contribution in [0, 0.1) is 0 Å². The Morgan fingerprint density at radius 1 is 1.55 bits per heavy atom. The number of nitrogens with one attached hydrogen (secondary N) is 1. The highest BCUT2D eigenvalue weighted by Crippen LogP contribution is 2.06. The van der Waals surface area contributed by atoms with Gasteiger partial charge in [0.15, 0.2) is 0 Å². The van der Waals surface area contributed by atoms with Crippen molar-refractivity contribution in [3.8, 4) is 0 Å². The Morgan fingerprint density at radius 3 is 2.36 bits per heavy atom. The quantitative estimate of drug-likeness (QED) is 0.638. The molecule has 3 N–H and O–H groups in total. The zero-order valence-corrected chi connectivity index (χ0v) is 7.03. The monoisotopic (exact) mass is 166 g/mol. The average Bonchev–Trinajstić information content (AvgIpc) is 2.00. The van der Waals surface area contributed by atoms with Crippen LogP contribution in [0.1, 0.15) is 20.3 Å². The van der Waals surface area contributed by atoms with Crippen molar-refractivity contribution in [3.63, 3.8) is 0 Å². The summed E-state index contributed by atoms with van der Waals surface area (Å²) in [7, 11) is 0. The maximum atomic E-state index is 11.7. The molecule has 0 heterocycles. The van der Waals surface area contributed by atoms with E-state index < -0.39 is 6.43 Å². The van der Waals surface area contributed by atoms with Crippen LogP contribution in [0.25, 0.3) is 0 Å². The van der Waals surface area contributed by atoms with Gasteiger partial charge in [0.05, 0.1) is 6.54 Å². The standard InChI is InChI=1S/C7H16F2N2/c1-3-7(2,5-10)11-4-6(8)9/h6,11H,3-5,10H2,1-2H3. The fourth-order valence-electron chi connectivity index (χ4n) is 0.665. The maximum Gasteiger partial charge on any atom is 0.250 e. The highest BCUT2D eigenvalue weighted by Gasteiger charge is 2.20. The van der Waals surface area contributed by atoms with E-state index >= 15 is 0 Å². The molecule has 0 aliphatic heterocycles. The van der Waals surface area contributed by atoms with E-state index in [1.807, 2.05) is 13.8 Å². The van der Waals surface area contributed by atoms with Crippen LogP contribution in [-0.2, 0) is 0 Å². The molecule has 68 valence electrons. The Bertz CT molecular complexity index is 103. The molecule has 0 radical (unpaired) electrons. The first-order valence-corrected chi connectivity index (χ1v) is 3.77. The SMILES string of the molecule is CCC(C)(CN)NCC(F)F. The molecular formula is C7H16F2N2. The van der Waals surface area contributed by atoms with Crippen LogP contribution in [0.4, 0.5) is 8.78 Å². The molecule has 0 spiro atoms. The van der Waals surface area contributed by atoms with E-state index in [2.05, 4.69) is 5.32 Å². The Kier molecular flexibility index (Phi) is 4.52. The summed E-state index contributed by atoms with van der Waals surface area (Å²) in [5, 5.41) is 2.72. The van der Waals surface area contributed by atoms with Gasteiger partial charge in [-0.3, -0.25) is 0 Å². The topological polar surface area (TPSA) is 38.0 Å². The smallest absolute Gasteiger partial charge is 0.250 e. The molecule has 0 aromatic rings. The molecule has 0 fully saturated rings. The normalized spacial score (nSPS) is 16.9. The van der Waals surface area contributed by atoms with Crippen LogP contribution in [0.2, 0.25) is 0 Å². The predicted molar refractivity (Wildman–Crippen MR) is 41.8 cm³/mol. The second kappa shape index (κ2) is 4.62. The highest BCUT2D eigenvalue weighted by molar-refractivity contribution is 4.82. The molecule has 0 saturated heterocycles. The Balaban J connectivity index is 3.69. The number of halogens is 2. The highest BCUT2D eigenvalue weighted by atomic mass is 19.3. The van der Waals surface area contributed by atoms with Crippen LogP contribution in [-0.4, -0.2) is 25.1 Å². The summed E-state index contributed by atoms with van der Waals surface area (Å²) in [6.45, 7) is 3.87. The molecule has 2 nitrogen and oxygen atoms in total. The van der Waals surface area contributed by atoms with E-state index in [1.165, 1.54) is 0 Å². The molecule has 0 saturated carbocycles. The lowest BCUT2D eigenvalue weighted by Crippen LogP contribution is -2.49. The summed E-state index contributed by atoms with van der Waals surface area (Å²) in [5.74, 6) is 0. The van der Waals surface area contributed by atoms with Gasteiger partial charge in [-0.15, -0.1) is 0 Å². The number of hydrogen-bond donors (Lipinski definition) is 2.